The molecule has 0 fully saturated rings. The first-order chi connectivity index (χ1) is 8.70. The zero-order valence-corrected chi connectivity index (χ0v) is 11.2. The fourth-order valence-electron chi connectivity index (χ4n) is 1.74. The summed E-state index contributed by atoms with van der Waals surface area (Å²) in [5.41, 5.74) is 6.20. The Morgan fingerprint density at radius 3 is 3.00 bits per heavy atom. The zero-order chi connectivity index (χ0) is 13.0. The van der Waals surface area contributed by atoms with Gasteiger partial charge in [-0.3, -0.25) is 4.79 Å². The van der Waals surface area contributed by atoms with Crippen LogP contribution in [0.2, 0.25) is 0 Å². The molecule has 0 aliphatic heterocycles. The van der Waals surface area contributed by atoms with E-state index < -0.39 is 0 Å². The van der Waals surface area contributed by atoms with Crippen LogP contribution in [0.15, 0.2) is 29.1 Å². The van der Waals surface area contributed by atoms with Crippen molar-refractivity contribution in [3.8, 4) is 0 Å². The summed E-state index contributed by atoms with van der Waals surface area (Å²) in [5.74, 6) is 1.44. The Hall–Kier alpha value is -1.33. The number of para-hydroxylation sites is 1. The number of fused-ring (bicyclic) bond motifs is 1. The van der Waals surface area contributed by atoms with Crippen molar-refractivity contribution in [1.82, 2.24) is 9.97 Å². The lowest BCUT2D eigenvalue weighted by Crippen LogP contribution is -2.12. The average molecular weight is 263 g/mol. The Kier molecular flexibility index (Phi) is 4.38. The van der Waals surface area contributed by atoms with Gasteiger partial charge in [0.05, 0.1) is 16.7 Å². The molecular formula is C13H17N3OS. The molecule has 2 rings (SSSR count). The molecule has 0 bridgehead atoms. The highest BCUT2D eigenvalue weighted by molar-refractivity contribution is 7.99. The van der Waals surface area contributed by atoms with Crippen LogP contribution in [-0.2, 0) is 5.75 Å². The average Bonchev–Trinajstić information content (AvgIpc) is 2.37. The third-order valence-corrected chi connectivity index (χ3v) is 3.98. The molecule has 0 aliphatic rings. The molecule has 1 heterocycles. The smallest absolute Gasteiger partial charge is 0.258 e. The van der Waals surface area contributed by atoms with E-state index in [-0.39, 0.29) is 5.56 Å². The van der Waals surface area contributed by atoms with E-state index in [0.717, 1.165) is 17.8 Å². The second-order valence-electron chi connectivity index (χ2n) is 4.23. The Balaban J connectivity index is 2.17. The van der Waals surface area contributed by atoms with Crippen LogP contribution in [0.1, 0.15) is 19.2 Å². The van der Waals surface area contributed by atoms with Gasteiger partial charge in [0.1, 0.15) is 5.82 Å². The summed E-state index contributed by atoms with van der Waals surface area (Å²) in [4.78, 5) is 19.1. The van der Waals surface area contributed by atoms with Gasteiger partial charge in [-0.05, 0) is 25.1 Å². The van der Waals surface area contributed by atoms with Gasteiger partial charge in [0, 0.05) is 5.25 Å². The normalized spacial score (nSPS) is 12.8. The molecule has 5 heteroatoms. The van der Waals surface area contributed by atoms with Crippen LogP contribution in [0.3, 0.4) is 0 Å². The first-order valence-electron chi connectivity index (χ1n) is 6.00. The summed E-state index contributed by atoms with van der Waals surface area (Å²) >= 11 is 1.76. The molecule has 0 aliphatic carbocycles. The second kappa shape index (κ2) is 6.02. The molecule has 1 aromatic heterocycles. The lowest BCUT2D eigenvalue weighted by molar-refractivity contribution is 0.821. The van der Waals surface area contributed by atoms with E-state index in [1.165, 1.54) is 0 Å². The number of nitrogens with one attached hydrogen (secondary N) is 1. The largest absolute Gasteiger partial charge is 0.330 e. The number of nitrogens with two attached hydrogens (primary N) is 1. The first-order valence-corrected chi connectivity index (χ1v) is 7.05. The van der Waals surface area contributed by atoms with E-state index in [9.17, 15) is 4.79 Å². The van der Waals surface area contributed by atoms with Crippen LogP contribution in [-0.4, -0.2) is 21.8 Å². The maximum absolute atomic E-state index is 11.8. The summed E-state index contributed by atoms with van der Waals surface area (Å²) in [6, 6.07) is 7.39. The minimum Gasteiger partial charge on any atom is -0.330 e. The molecule has 0 amide bonds. The summed E-state index contributed by atoms with van der Waals surface area (Å²) in [5, 5.41) is 1.12. The SMILES string of the molecule is CC(CCN)SCc1nc2ccccc2c(=O)[nH]1. The Bertz CT molecular complexity index is 582. The highest BCUT2D eigenvalue weighted by Crippen LogP contribution is 2.17. The third kappa shape index (κ3) is 3.11. The molecule has 2 aromatic rings. The second-order valence-corrected chi connectivity index (χ2v) is 5.66. The fraction of sp³-hybridized carbons (Fsp3) is 0.385. The van der Waals surface area contributed by atoms with Crippen molar-refractivity contribution in [2.45, 2.75) is 24.3 Å². The highest BCUT2D eigenvalue weighted by atomic mass is 32.2. The van der Waals surface area contributed by atoms with Gasteiger partial charge in [-0.2, -0.15) is 11.8 Å². The Labute approximate surface area is 110 Å². The minimum absolute atomic E-state index is 0.0670. The monoisotopic (exact) mass is 263 g/mol. The van der Waals surface area contributed by atoms with E-state index in [0.29, 0.717) is 22.9 Å². The van der Waals surface area contributed by atoms with Crippen molar-refractivity contribution in [1.29, 1.82) is 0 Å². The highest BCUT2D eigenvalue weighted by Gasteiger charge is 2.06. The Morgan fingerprint density at radius 1 is 1.44 bits per heavy atom. The molecule has 0 spiro atoms. The van der Waals surface area contributed by atoms with Gasteiger partial charge < -0.3 is 10.7 Å². The lowest BCUT2D eigenvalue weighted by atomic mass is 10.2. The molecule has 0 saturated carbocycles. The fourth-order valence-corrected chi connectivity index (χ4v) is 2.62. The van der Waals surface area contributed by atoms with Crippen LogP contribution in [0, 0.1) is 0 Å². The van der Waals surface area contributed by atoms with Crippen LogP contribution in [0.4, 0.5) is 0 Å². The molecule has 1 atom stereocenters. The lowest BCUT2D eigenvalue weighted by Gasteiger charge is -2.09. The molecule has 96 valence electrons. The Morgan fingerprint density at radius 2 is 2.22 bits per heavy atom. The van der Waals surface area contributed by atoms with E-state index in [2.05, 4.69) is 16.9 Å². The van der Waals surface area contributed by atoms with E-state index >= 15 is 0 Å². The standard InChI is InChI=1S/C13H17N3OS/c1-9(6-7-14)18-8-12-15-11-5-3-2-4-10(11)13(17)16-12/h2-5,9H,6-8,14H2,1H3,(H,15,16,17). The topological polar surface area (TPSA) is 71.8 Å². The molecule has 0 radical (unpaired) electrons. The predicted octanol–water partition coefficient (Wildman–Crippen LogP) is 1.89. The summed E-state index contributed by atoms with van der Waals surface area (Å²) in [7, 11) is 0. The summed E-state index contributed by atoms with van der Waals surface area (Å²) in [6.07, 6.45) is 0.975. The van der Waals surface area contributed by atoms with Crippen molar-refractivity contribution in [2.75, 3.05) is 6.54 Å². The third-order valence-electron chi connectivity index (χ3n) is 2.74. The van der Waals surface area contributed by atoms with E-state index in [4.69, 9.17) is 5.73 Å². The molecule has 18 heavy (non-hydrogen) atoms. The van der Waals surface area contributed by atoms with Gasteiger partial charge in [-0.15, -0.1) is 0 Å². The van der Waals surface area contributed by atoms with Gasteiger partial charge in [-0.1, -0.05) is 19.1 Å². The molecular weight excluding hydrogens is 246 g/mol. The number of aromatic nitrogens is 2. The first kappa shape index (κ1) is 13.1. The number of nitrogens with zero attached hydrogens (tertiary/aromatic N) is 1. The number of thioether (sulfide) groups is 1. The number of H-pyrrole nitrogens is 1. The van der Waals surface area contributed by atoms with Gasteiger partial charge in [-0.25, -0.2) is 4.98 Å². The van der Waals surface area contributed by atoms with Gasteiger partial charge in [0.2, 0.25) is 0 Å². The maximum Gasteiger partial charge on any atom is 0.258 e. The van der Waals surface area contributed by atoms with Crippen molar-refractivity contribution in [3.63, 3.8) is 0 Å². The van der Waals surface area contributed by atoms with Crippen LogP contribution in [0.25, 0.3) is 10.9 Å². The maximum atomic E-state index is 11.8. The number of benzene rings is 1. The predicted molar refractivity (Wildman–Crippen MR) is 76.8 cm³/mol. The number of aromatic amines is 1. The summed E-state index contributed by atoms with van der Waals surface area (Å²) in [6.45, 7) is 2.83. The molecule has 1 unspecified atom stereocenters. The molecule has 0 saturated heterocycles. The van der Waals surface area contributed by atoms with Crippen LogP contribution < -0.4 is 11.3 Å². The van der Waals surface area contributed by atoms with Crippen molar-refractivity contribution in [3.05, 3.63) is 40.4 Å². The van der Waals surface area contributed by atoms with Gasteiger partial charge in [0.15, 0.2) is 0 Å². The quantitative estimate of drug-likeness (QED) is 0.864. The number of hydrogen-bond donors (Lipinski definition) is 2. The van der Waals surface area contributed by atoms with Crippen molar-refractivity contribution in [2.24, 2.45) is 5.73 Å². The van der Waals surface area contributed by atoms with Crippen LogP contribution >= 0.6 is 11.8 Å². The number of rotatable bonds is 5. The van der Waals surface area contributed by atoms with Crippen molar-refractivity contribution < 1.29 is 0 Å². The van der Waals surface area contributed by atoms with Crippen molar-refractivity contribution >= 4 is 22.7 Å². The van der Waals surface area contributed by atoms with Crippen LogP contribution in [0.5, 0.6) is 0 Å². The molecule has 4 nitrogen and oxygen atoms in total. The van der Waals surface area contributed by atoms with E-state index in [1.807, 2.05) is 18.2 Å². The van der Waals surface area contributed by atoms with E-state index in [1.54, 1.807) is 17.8 Å². The van der Waals surface area contributed by atoms with Gasteiger partial charge >= 0.3 is 0 Å². The molecule has 1 aromatic carbocycles. The molecule has 3 N–H and O–H groups in total. The minimum atomic E-state index is -0.0670. The summed E-state index contributed by atoms with van der Waals surface area (Å²) < 4.78 is 0. The zero-order valence-electron chi connectivity index (χ0n) is 10.3. The van der Waals surface area contributed by atoms with Gasteiger partial charge in [0.25, 0.3) is 5.56 Å². The number of hydrogen-bond acceptors (Lipinski definition) is 4.